The second-order valence-corrected chi connectivity index (χ2v) is 3.91. The molecule has 0 unspecified atom stereocenters. The molecule has 2 rings (SSSR count). The summed E-state index contributed by atoms with van der Waals surface area (Å²) in [6.07, 6.45) is 1.08. The van der Waals surface area contributed by atoms with Crippen LogP contribution in [0.1, 0.15) is 21.7 Å². The number of nitro groups is 1. The smallest absolute Gasteiger partial charge is 0.270 e. The van der Waals surface area contributed by atoms with E-state index >= 15 is 0 Å². The van der Waals surface area contributed by atoms with Gasteiger partial charge in [-0.15, -0.1) is 0 Å². The van der Waals surface area contributed by atoms with E-state index in [9.17, 15) is 19.3 Å². The van der Waals surface area contributed by atoms with Crippen molar-refractivity contribution in [2.45, 2.75) is 13.5 Å². The van der Waals surface area contributed by atoms with Crippen LogP contribution in [0.2, 0.25) is 0 Å². The first-order chi connectivity index (χ1) is 9.49. The highest BCUT2D eigenvalue weighted by atomic mass is 19.1. The maximum Gasteiger partial charge on any atom is 0.270 e. The van der Waals surface area contributed by atoms with Gasteiger partial charge in [-0.25, -0.2) is 4.39 Å². The lowest BCUT2D eigenvalue weighted by molar-refractivity contribution is -0.385. The Morgan fingerprint density at radius 1 is 1.55 bits per heavy atom. The minimum absolute atomic E-state index is 0.0175. The lowest BCUT2D eigenvalue weighted by Gasteiger charge is -2.06. The standard InChI is InChI=1S/C11H9FN4O4/c1-6-2-7(16(18)19)3-8(10(6)12)11(17)13-4-9-14-5-20-15-9/h2-3,5H,4H2,1H3,(H,13,17). The minimum Gasteiger partial charge on any atom is -0.345 e. The fourth-order valence-electron chi connectivity index (χ4n) is 1.55. The van der Waals surface area contributed by atoms with Gasteiger partial charge in [-0.05, 0) is 12.5 Å². The van der Waals surface area contributed by atoms with Crippen molar-refractivity contribution in [2.75, 3.05) is 0 Å². The number of nitrogens with zero attached hydrogens (tertiary/aromatic N) is 3. The quantitative estimate of drug-likeness (QED) is 0.668. The summed E-state index contributed by atoms with van der Waals surface area (Å²) in [5.74, 6) is -1.39. The lowest BCUT2D eigenvalue weighted by atomic mass is 10.1. The molecular formula is C11H9FN4O4. The normalized spacial score (nSPS) is 10.3. The Labute approximate surface area is 111 Å². The predicted molar refractivity (Wildman–Crippen MR) is 63.3 cm³/mol. The molecule has 0 saturated heterocycles. The number of benzene rings is 1. The van der Waals surface area contributed by atoms with Crippen molar-refractivity contribution in [3.05, 3.63) is 51.4 Å². The van der Waals surface area contributed by atoms with Crippen LogP contribution in [0.3, 0.4) is 0 Å². The summed E-state index contributed by atoms with van der Waals surface area (Å²) in [6, 6.07) is 1.94. The topological polar surface area (TPSA) is 111 Å². The molecule has 1 aromatic heterocycles. The van der Waals surface area contributed by atoms with Crippen LogP contribution < -0.4 is 5.32 Å². The van der Waals surface area contributed by atoms with Gasteiger partial charge in [0, 0.05) is 12.1 Å². The van der Waals surface area contributed by atoms with Crippen LogP contribution >= 0.6 is 0 Å². The fourth-order valence-corrected chi connectivity index (χ4v) is 1.55. The van der Waals surface area contributed by atoms with Crippen LogP contribution in [0, 0.1) is 22.9 Å². The average Bonchev–Trinajstić information content (AvgIpc) is 2.92. The third-order valence-corrected chi connectivity index (χ3v) is 2.51. The molecule has 0 saturated carbocycles. The lowest BCUT2D eigenvalue weighted by Crippen LogP contribution is -2.24. The molecule has 1 amide bonds. The largest absolute Gasteiger partial charge is 0.345 e. The Morgan fingerprint density at radius 3 is 2.90 bits per heavy atom. The van der Waals surface area contributed by atoms with Crippen molar-refractivity contribution in [1.82, 2.24) is 15.5 Å². The van der Waals surface area contributed by atoms with Crippen LogP contribution in [0.25, 0.3) is 0 Å². The first-order valence-electron chi connectivity index (χ1n) is 5.47. The second-order valence-electron chi connectivity index (χ2n) is 3.91. The van der Waals surface area contributed by atoms with Crippen molar-refractivity contribution in [2.24, 2.45) is 0 Å². The number of halogens is 1. The summed E-state index contributed by atoms with van der Waals surface area (Å²) < 4.78 is 18.3. The van der Waals surface area contributed by atoms with E-state index in [1.807, 2.05) is 0 Å². The summed E-state index contributed by atoms with van der Waals surface area (Å²) in [6.45, 7) is 1.27. The molecule has 2 aromatic rings. The molecule has 104 valence electrons. The Bertz CT molecular complexity index is 657. The number of hydrogen-bond acceptors (Lipinski definition) is 6. The molecule has 0 radical (unpaired) electrons. The molecule has 8 nitrogen and oxygen atoms in total. The number of aromatic nitrogens is 2. The number of nitrogens with one attached hydrogen (secondary N) is 1. The minimum atomic E-state index is -0.804. The molecule has 0 aliphatic heterocycles. The van der Waals surface area contributed by atoms with Gasteiger partial charge >= 0.3 is 0 Å². The number of hydrogen-bond donors (Lipinski definition) is 1. The van der Waals surface area contributed by atoms with Crippen molar-refractivity contribution in [3.63, 3.8) is 0 Å². The van der Waals surface area contributed by atoms with E-state index < -0.39 is 22.2 Å². The molecule has 1 N–H and O–H groups in total. The summed E-state index contributed by atoms with van der Waals surface area (Å²) in [7, 11) is 0. The monoisotopic (exact) mass is 280 g/mol. The van der Waals surface area contributed by atoms with Crippen LogP contribution in [0.4, 0.5) is 10.1 Å². The van der Waals surface area contributed by atoms with Gasteiger partial charge < -0.3 is 9.84 Å². The van der Waals surface area contributed by atoms with Crippen LogP contribution in [-0.2, 0) is 6.54 Å². The van der Waals surface area contributed by atoms with Gasteiger partial charge in [0.1, 0.15) is 5.82 Å². The molecular weight excluding hydrogens is 271 g/mol. The summed E-state index contributed by atoms with van der Waals surface area (Å²) in [5.41, 5.74) is -0.738. The highest BCUT2D eigenvalue weighted by molar-refractivity contribution is 5.95. The van der Waals surface area contributed by atoms with Gasteiger partial charge in [0.25, 0.3) is 11.6 Å². The molecule has 9 heteroatoms. The zero-order valence-corrected chi connectivity index (χ0v) is 10.3. The third kappa shape index (κ3) is 2.76. The molecule has 20 heavy (non-hydrogen) atoms. The van der Waals surface area contributed by atoms with Crippen molar-refractivity contribution in [3.8, 4) is 0 Å². The van der Waals surface area contributed by atoms with Gasteiger partial charge in [0.15, 0.2) is 5.82 Å². The molecule has 0 aliphatic carbocycles. The maximum absolute atomic E-state index is 13.8. The number of aryl methyl sites for hydroxylation is 1. The van der Waals surface area contributed by atoms with E-state index in [4.69, 9.17) is 0 Å². The van der Waals surface area contributed by atoms with Crippen molar-refractivity contribution >= 4 is 11.6 Å². The van der Waals surface area contributed by atoms with Crippen LogP contribution in [0.15, 0.2) is 23.0 Å². The number of non-ortho nitro benzene ring substituents is 1. The molecule has 0 atom stereocenters. The van der Waals surface area contributed by atoms with Crippen molar-refractivity contribution in [1.29, 1.82) is 0 Å². The Hall–Kier alpha value is -2.84. The van der Waals surface area contributed by atoms with E-state index in [1.165, 1.54) is 6.92 Å². The first kappa shape index (κ1) is 13.6. The zero-order chi connectivity index (χ0) is 14.7. The van der Waals surface area contributed by atoms with Crippen molar-refractivity contribution < 1.29 is 18.6 Å². The SMILES string of the molecule is Cc1cc([N+](=O)[O-])cc(C(=O)NCc2ncon2)c1F. The first-order valence-corrected chi connectivity index (χ1v) is 5.47. The van der Waals surface area contributed by atoms with Gasteiger partial charge in [-0.1, -0.05) is 5.16 Å². The Balaban J connectivity index is 2.22. The van der Waals surface area contributed by atoms with E-state index in [1.54, 1.807) is 0 Å². The summed E-state index contributed by atoms with van der Waals surface area (Å²) in [4.78, 5) is 25.5. The Kier molecular flexibility index (Phi) is 3.69. The number of carbonyl (C=O) groups excluding carboxylic acids is 1. The van der Waals surface area contributed by atoms with Gasteiger partial charge in [-0.3, -0.25) is 14.9 Å². The molecule has 0 fully saturated rings. The summed E-state index contributed by atoms with van der Waals surface area (Å²) >= 11 is 0. The molecule has 1 heterocycles. The highest BCUT2D eigenvalue weighted by Gasteiger charge is 2.19. The zero-order valence-electron chi connectivity index (χ0n) is 10.3. The highest BCUT2D eigenvalue weighted by Crippen LogP contribution is 2.21. The second kappa shape index (κ2) is 5.43. The fraction of sp³-hybridized carbons (Fsp3) is 0.182. The summed E-state index contributed by atoms with van der Waals surface area (Å²) in [5, 5.41) is 16.5. The Morgan fingerprint density at radius 2 is 2.30 bits per heavy atom. The third-order valence-electron chi connectivity index (χ3n) is 2.51. The van der Waals surface area contributed by atoms with Crippen LogP contribution in [-0.4, -0.2) is 21.0 Å². The average molecular weight is 280 g/mol. The number of carbonyl (C=O) groups is 1. The number of rotatable bonds is 4. The van der Waals surface area contributed by atoms with Gasteiger partial charge in [-0.2, -0.15) is 4.98 Å². The number of amides is 1. The van der Waals surface area contributed by atoms with Gasteiger partial charge in [0.05, 0.1) is 17.0 Å². The van der Waals surface area contributed by atoms with E-state index in [-0.39, 0.29) is 23.6 Å². The van der Waals surface area contributed by atoms with Crippen LogP contribution in [0.5, 0.6) is 0 Å². The maximum atomic E-state index is 13.8. The molecule has 0 spiro atoms. The molecule has 0 aliphatic rings. The predicted octanol–water partition coefficient (Wildman–Crippen LogP) is 1.36. The van der Waals surface area contributed by atoms with E-state index in [0.717, 1.165) is 18.5 Å². The van der Waals surface area contributed by atoms with Gasteiger partial charge in [0.2, 0.25) is 6.39 Å². The molecule has 0 bridgehead atoms. The van der Waals surface area contributed by atoms with E-state index in [0.29, 0.717) is 0 Å². The molecule has 1 aromatic carbocycles. The number of nitro benzene ring substituents is 1. The van der Waals surface area contributed by atoms with E-state index in [2.05, 4.69) is 20.0 Å².